The quantitative estimate of drug-likeness (QED) is 0.224. The van der Waals surface area contributed by atoms with Crippen LogP contribution in [-0.2, 0) is 8.85 Å². The summed E-state index contributed by atoms with van der Waals surface area (Å²) in [7, 11) is -5.92. The maximum Gasteiger partial charge on any atom is 0.261 e. The Bertz CT molecular complexity index is 1390. The number of rotatable bonds is 9. The van der Waals surface area contributed by atoms with Crippen LogP contribution in [0.4, 0.5) is 4.39 Å². The number of hydrogen-bond acceptors (Lipinski definition) is 3. The zero-order chi connectivity index (χ0) is 31.6. The lowest BCUT2D eigenvalue weighted by Crippen LogP contribution is -2.69. The molecule has 1 fully saturated rings. The van der Waals surface area contributed by atoms with Crippen LogP contribution in [0.5, 0.6) is 0 Å². The lowest BCUT2D eigenvalue weighted by atomic mass is 10.1. The van der Waals surface area contributed by atoms with Crippen molar-refractivity contribution in [2.45, 2.75) is 76.4 Å². The molecule has 4 aromatic carbocycles. The number of benzene rings is 4. The maximum absolute atomic E-state index is 16.3. The molecule has 44 heavy (non-hydrogen) atoms. The van der Waals surface area contributed by atoms with Crippen LogP contribution in [-0.4, -0.2) is 46.7 Å². The van der Waals surface area contributed by atoms with E-state index in [0.717, 1.165) is 10.4 Å². The molecule has 0 aliphatic heterocycles. The van der Waals surface area contributed by atoms with Crippen molar-refractivity contribution >= 4 is 37.4 Å². The molecule has 0 bridgehead atoms. The molecule has 6 heteroatoms. The Morgan fingerprint density at radius 2 is 0.955 bits per heavy atom. The standard InChI is InChI=1S/C38H47FO3Si2/c1-37(2,3)43(30-19-11-7-12-20-30,31-21-13-8-14-22-31)41-28-29-27-34(40)35(39)36(29)42-44(38(4,5)6,32-23-15-9-16-24-32)33-25-17-10-18-26-33/h7-26,29,34-36,40H,27-28H2,1-6H3/t29-,34+,35+,36-/m1/s1. The van der Waals surface area contributed by atoms with Crippen molar-refractivity contribution < 1.29 is 18.3 Å². The first-order valence-corrected chi connectivity index (χ1v) is 19.6. The third kappa shape index (κ3) is 5.91. The summed E-state index contributed by atoms with van der Waals surface area (Å²) in [6.45, 7) is 13.6. The molecular weight excluding hydrogens is 580 g/mol. The molecule has 5 rings (SSSR count). The van der Waals surface area contributed by atoms with E-state index in [1.807, 2.05) is 48.5 Å². The molecule has 0 unspecified atom stereocenters. The molecule has 1 aliphatic rings. The minimum absolute atomic E-state index is 0.212. The Balaban J connectivity index is 1.59. The Hall–Kier alpha value is -2.88. The molecule has 0 spiro atoms. The van der Waals surface area contributed by atoms with Gasteiger partial charge >= 0.3 is 0 Å². The summed E-state index contributed by atoms with van der Waals surface area (Å²) < 4.78 is 30.9. The monoisotopic (exact) mass is 626 g/mol. The van der Waals surface area contributed by atoms with Crippen molar-refractivity contribution in [3.63, 3.8) is 0 Å². The van der Waals surface area contributed by atoms with Crippen LogP contribution in [0.25, 0.3) is 0 Å². The number of aliphatic hydroxyl groups excluding tert-OH is 1. The van der Waals surface area contributed by atoms with E-state index < -0.39 is 35.0 Å². The molecule has 4 aromatic rings. The Morgan fingerprint density at radius 1 is 0.614 bits per heavy atom. The van der Waals surface area contributed by atoms with E-state index >= 15 is 4.39 Å². The second-order valence-corrected chi connectivity index (χ2v) is 22.8. The summed E-state index contributed by atoms with van der Waals surface area (Å²) >= 11 is 0. The van der Waals surface area contributed by atoms with Gasteiger partial charge in [0.25, 0.3) is 16.6 Å². The third-order valence-corrected chi connectivity index (χ3v) is 19.4. The van der Waals surface area contributed by atoms with E-state index in [4.69, 9.17) is 8.85 Å². The van der Waals surface area contributed by atoms with Crippen LogP contribution in [0.2, 0.25) is 10.1 Å². The van der Waals surface area contributed by atoms with Gasteiger partial charge in [0, 0.05) is 12.5 Å². The van der Waals surface area contributed by atoms with Crippen LogP contribution in [0.15, 0.2) is 121 Å². The fourth-order valence-electron chi connectivity index (χ4n) is 7.27. The summed E-state index contributed by atoms with van der Waals surface area (Å²) in [5.41, 5.74) is 0. The van der Waals surface area contributed by atoms with E-state index in [1.54, 1.807) is 0 Å². The summed E-state index contributed by atoms with van der Waals surface area (Å²) in [6.07, 6.45) is -3.13. The van der Waals surface area contributed by atoms with Crippen LogP contribution < -0.4 is 20.7 Å². The van der Waals surface area contributed by atoms with Gasteiger partial charge in [0.2, 0.25) is 0 Å². The predicted octanol–water partition coefficient (Wildman–Crippen LogP) is 6.23. The molecule has 0 aromatic heterocycles. The fourth-order valence-corrected chi connectivity index (χ4v) is 16.6. The number of aliphatic hydroxyl groups is 1. The summed E-state index contributed by atoms with van der Waals surface area (Å²) in [5, 5.41) is 15.0. The molecule has 1 saturated carbocycles. The first-order valence-electron chi connectivity index (χ1n) is 15.8. The van der Waals surface area contributed by atoms with Crippen LogP contribution in [0, 0.1) is 5.92 Å². The van der Waals surface area contributed by atoms with E-state index in [0.29, 0.717) is 13.0 Å². The van der Waals surface area contributed by atoms with Crippen molar-refractivity contribution in [1.82, 2.24) is 0 Å². The van der Waals surface area contributed by atoms with Gasteiger partial charge in [0.05, 0.1) is 12.2 Å². The largest absolute Gasteiger partial charge is 0.407 e. The van der Waals surface area contributed by atoms with Gasteiger partial charge in [-0.3, -0.25) is 0 Å². The van der Waals surface area contributed by atoms with Gasteiger partial charge < -0.3 is 14.0 Å². The van der Waals surface area contributed by atoms with E-state index in [2.05, 4.69) is 114 Å². The van der Waals surface area contributed by atoms with Crippen LogP contribution in [0.1, 0.15) is 48.0 Å². The molecule has 4 atom stereocenters. The molecular formula is C38H47FO3Si2. The molecule has 0 saturated heterocycles. The zero-order valence-corrected chi connectivity index (χ0v) is 28.9. The molecule has 0 heterocycles. The first kappa shape index (κ1) is 32.5. The summed E-state index contributed by atoms with van der Waals surface area (Å²) in [4.78, 5) is 0. The molecule has 0 radical (unpaired) electrons. The van der Waals surface area contributed by atoms with Gasteiger partial charge in [-0.25, -0.2) is 4.39 Å². The highest BCUT2D eigenvalue weighted by Crippen LogP contribution is 2.43. The third-order valence-electron chi connectivity index (χ3n) is 9.35. The first-order chi connectivity index (χ1) is 20.9. The highest BCUT2D eigenvalue weighted by atomic mass is 28.4. The minimum atomic E-state index is -3.06. The van der Waals surface area contributed by atoms with Crippen molar-refractivity contribution in [2.75, 3.05) is 6.61 Å². The second kappa shape index (κ2) is 12.9. The van der Waals surface area contributed by atoms with Gasteiger partial charge in [0.1, 0.15) is 0 Å². The molecule has 1 aliphatic carbocycles. The van der Waals surface area contributed by atoms with Gasteiger partial charge in [-0.1, -0.05) is 163 Å². The lowest BCUT2D eigenvalue weighted by Gasteiger charge is -2.46. The highest BCUT2D eigenvalue weighted by Gasteiger charge is 2.57. The SMILES string of the molecule is CC(C)(C)[Si](OC[C@H]1C[C@H](O)[C@H](F)[C@@H]1O[Si](c1ccccc1)(c1ccccc1)C(C)(C)C)(c1ccccc1)c1ccccc1. The lowest BCUT2D eigenvalue weighted by molar-refractivity contribution is 0.0298. The van der Waals surface area contributed by atoms with E-state index in [9.17, 15) is 5.11 Å². The fraction of sp³-hybridized carbons (Fsp3) is 0.368. The summed E-state index contributed by atoms with van der Waals surface area (Å²) in [5.74, 6) is -0.316. The zero-order valence-electron chi connectivity index (χ0n) is 26.9. The second-order valence-electron chi connectivity index (χ2n) is 14.2. The van der Waals surface area contributed by atoms with Gasteiger partial charge in [-0.2, -0.15) is 0 Å². The van der Waals surface area contributed by atoms with Crippen LogP contribution in [0.3, 0.4) is 0 Å². The minimum Gasteiger partial charge on any atom is -0.407 e. The average molecular weight is 627 g/mol. The average Bonchev–Trinajstić information content (AvgIpc) is 3.28. The smallest absolute Gasteiger partial charge is 0.261 e. The van der Waals surface area contributed by atoms with Crippen LogP contribution >= 0.6 is 0 Å². The molecule has 3 nitrogen and oxygen atoms in total. The van der Waals surface area contributed by atoms with Gasteiger partial charge in [-0.15, -0.1) is 0 Å². The molecule has 0 amide bonds. The maximum atomic E-state index is 16.3. The molecule has 1 N–H and O–H groups in total. The topological polar surface area (TPSA) is 38.7 Å². The normalized spacial score (nSPS) is 21.4. The van der Waals surface area contributed by atoms with Gasteiger partial charge in [-0.05, 0) is 37.2 Å². The van der Waals surface area contributed by atoms with Crippen molar-refractivity contribution in [2.24, 2.45) is 5.92 Å². The predicted molar refractivity (Wildman–Crippen MR) is 185 cm³/mol. The number of hydrogen-bond donors (Lipinski definition) is 1. The van der Waals surface area contributed by atoms with Crippen molar-refractivity contribution in [3.05, 3.63) is 121 Å². The van der Waals surface area contributed by atoms with E-state index in [1.165, 1.54) is 10.4 Å². The Kier molecular flexibility index (Phi) is 9.50. The van der Waals surface area contributed by atoms with Crippen molar-refractivity contribution in [3.8, 4) is 0 Å². The van der Waals surface area contributed by atoms with E-state index in [-0.39, 0.29) is 16.0 Å². The number of halogens is 1. The van der Waals surface area contributed by atoms with Crippen molar-refractivity contribution in [1.29, 1.82) is 0 Å². The van der Waals surface area contributed by atoms with Gasteiger partial charge in [0.15, 0.2) is 6.17 Å². The number of alkyl halides is 1. The highest BCUT2D eigenvalue weighted by molar-refractivity contribution is 7.00. The Morgan fingerprint density at radius 3 is 1.30 bits per heavy atom. The molecule has 232 valence electrons. The summed E-state index contributed by atoms with van der Waals surface area (Å²) in [6, 6.07) is 41.7. The Labute approximate surface area is 265 Å².